The van der Waals surface area contributed by atoms with E-state index in [1.807, 2.05) is 0 Å². The van der Waals surface area contributed by atoms with Crippen LogP contribution in [0.2, 0.25) is 0 Å². The molecule has 19 heavy (non-hydrogen) atoms. The summed E-state index contributed by atoms with van der Waals surface area (Å²) in [4.78, 5) is 3.80. The molecule has 0 aromatic carbocycles. The van der Waals surface area contributed by atoms with Crippen LogP contribution < -0.4 is 0 Å². The SMILES string of the molecule is FC(F)(F)c1cnc2cnn([C@H]3CCCCO3)c2c1. The minimum atomic E-state index is -4.40. The number of aromatic nitrogens is 3. The summed E-state index contributed by atoms with van der Waals surface area (Å²) in [6.45, 7) is 0.610. The zero-order valence-corrected chi connectivity index (χ0v) is 10.0. The predicted molar refractivity (Wildman–Crippen MR) is 61.4 cm³/mol. The fourth-order valence-electron chi connectivity index (χ4n) is 2.23. The van der Waals surface area contributed by atoms with Crippen LogP contribution in [-0.2, 0) is 10.9 Å². The lowest BCUT2D eigenvalue weighted by atomic mass is 10.2. The maximum atomic E-state index is 12.7. The van der Waals surface area contributed by atoms with Crippen LogP contribution >= 0.6 is 0 Å². The van der Waals surface area contributed by atoms with Gasteiger partial charge in [0, 0.05) is 12.8 Å². The first kappa shape index (κ1) is 12.4. The molecule has 1 atom stereocenters. The zero-order chi connectivity index (χ0) is 13.5. The van der Waals surface area contributed by atoms with E-state index >= 15 is 0 Å². The summed E-state index contributed by atoms with van der Waals surface area (Å²) >= 11 is 0. The predicted octanol–water partition coefficient (Wildman–Crippen LogP) is 3.15. The van der Waals surface area contributed by atoms with Crippen LogP contribution in [0.1, 0.15) is 31.1 Å². The Morgan fingerprint density at radius 2 is 2.11 bits per heavy atom. The molecular weight excluding hydrogens is 259 g/mol. The lowest BCUT2D eigenvalue weighted by molar-refractivity contribution is -0.137. The number of pyridine rings is 1. The third-order valence-electron chi connectivity index (χ3n) is 3.20. The van der Waals surface area contributed by atoms with Crippen molar-refractivity contribution in [1.29, 1.82) is 0 Å². The van der Waals surface area contributed by atoms with Gasteiger partial charge in [0.05, 0.1) is 17.3 Å². The molecule has 1 aliphatic heterocycles. The van der Waals surface area contributed by atoms with Crippen molar-refractivity contribution in [2.24, 2.45) is 0 Å². The normalized spacial score (nSPS) is 20.9. The molecule has 102 valence electrons. The Bertz CT molecular complexity index is 587. The number of rotatable bonds is 1. The molecule has 0 radical (unpaired) electrons. The van der Waals surface area contributed by atoms with E-state index in [2.05, 4.69) is 10.1 Å². The summed E-state index contributed by atoms with van der Waals surface area (Å²) in [6, 6.07) is 1.08. The lowest BCUT2D eigenvalue weighted by Crippen LogP contribution is -2.19. The van der Waals surface area contributed by atoms with Gasteiger partial charge in [0.15, 0.2) is 6.23 Å². The zero-order valence-electron chi connectivity index (χ0n) is 10.0. The van der Waals surface area contributed by atoms with Gasteiger partial charge in [-0.25, -0.2) is 4.68 Å². The second kappa shape index (κ2) is 4.48. The number of nitrogens with zero attached hydrogens (tertiary/aromatic N) is 3. The lowest BCUT2D eigenvalue weighted by Gasteiger charge is -2.23. The third kappa shape index (κ3) is 2.30. The molecule has 0 N–H and O–H groups in total. The number of hydrogen-bond donors (Lipinski definition) is 0. The molecule has 4 nitrogen and oxygen atoms in total. The number of fused-ring (bicyclic) bond motifs is 1. The first-order valence-corrected chi connectivity index (χ1v) is 6.08. The molecule has 0 amide bonds. The number of ether oxygens (including phenoxy) is 1. The summed E-state index contributed by atoms with van der Waals surface area (Å²) in [7, 11) is 0. The number of alkyl halides is 3. The summed E-state index contributed by atoms with van der Waals surface area (Å²) in [6.07, 6.45) is 0.317. The van der Waals surface area contributed by atoms with Crippen LogP contribution in [0.5, 0.6) is 0 Å². The Morgan fingerprint density at radius 1 is 1.26 bits per heavy atom. The Kier molecular flexibility index (Phi) is 2.93. The third-order valence-corrected chi connectivity index (χ3v) is 3.20. The quantitative estimate of drug-likeness (QED) is 0.800. The van der Waals surface area contributed by atoms with Crippen molar-refractivity contribution in [3.63, 3.8) is 0 Å². The van der Waals surface area contributed by atoms with Crippen LogP contribution in [-0.4, -0.2) is 21.4 Å². The minimum Gasteiger partial charge on any atom is -0.356 e. The Labute approximate surface area is 107 Å². The summed E-state index contributed by atoms with van der Waals surface area (Å²) in [5, 5.41) is 4.10. The van der Waals surface area contributed by atoms with E-state index in [0.29, 0.717) is 17.6 Å². The molecular formula is C12H12F3N3O. The molecule has 0 unspecified atom stereocenters. The molecule has 0 aliphatic carbocycles. The molecule has 2 aromatic heterocycles. The first-order valence-electron chi connectivity index (χ1n) is 6.08. The Balaban J connectivity index is 2.05. The van der Waals surface area contributed by atoms with Gasteiger partial charge in [-0.1, -0.05) is 0 Å². The molecule has 0 spiro atoms. The molecule has 7 heteroatoms. The van der Waals surface area contributed by atoms with Crippen LogP contribution in [0.25, 0.3) is 11.0 Å². The maximum Gasteiger partial charge on any atom is 0.417 e. The summed E-state index contributed by atoms with van der Waals surface area (Å²) < 4.78 is 45.1. The topological polar surface area (TPSA) is 39.9 Å². The van der Waals surface area contributed by atoms with E-state index < -0.39 is 11.7 Å². The van der Waals surface area contributed by atoms with E-state index in [1.165, 1.54) is 10.9 Å². The molecule has 0 saturated carbocycles. The molecule has 1 aliphatic rings. The van der Waals surface area contributed by atoms with Crippen molar-refractivity contribution in [3.05, 3.63) is 24.0 Å². The van der Waals surface area contributed by atoms with Gasteiger partial charge < -0.3 is 4.74 Å². The number of hydrogen-bond acceptors (Lipinski definition) is 3. The smallest absolute Gasteiger partial charge is 0.356 e. The van der Waals surface area contributed by atoms with Crippen LogP contribution in [0, 0.1) is 0 Å². The second-order valence-corrected chi connectivity index (χ2v) is 4.54. The second-order valence-electron chi connectivity index (χ2n) is 4.54. The standard InChI is InChI=1S/C12H12F3N3O/c13-12(14,15)8-5-10-9(16-6-8)7-17-18(10)11-3-1-2-4-19-11/h5-7,11H,1-4H2/t11-/m1/s1. The van der Waals surface area contributed by atoms with E-state index in [0.717, 1.165) is 31.5 Å². The van der Waals surface area contributed by atoms with Crippen molar-refractivity contribution >= 4 is 11.0 Å². The van der Waals surface area contributed by atoms with E-state index in [4.69, 9.17) is 4.74 Å². The minimum absolute atomic E-state index is 0.295. The average Bonchev–Trinajstić information content (AvgIpc) is 2.81. The monoisotopic (exact) mass is 271 g/mol. The fourth-order valence-corrected chi connectivity index (χ4v) is 2.23. The van der Waals surface area contributed by atoms with Crippen LogP contribution in [0.4, 0.5) is 13.2 Å². The van der Waals surface area contributed by atoms with E-state index in [-0.39, 0.29) is 6.23 Å². The highest BCUT2D eigenvalue weighted by Gasteiger charge is 2.32. The van der Waals surface area contributed by atoms with Crippen molar-refractivity contribution in [2.75, 3.05) is 6.61 Å². The van der Waals surface area contributed by atoms with Gasteiger partial charge in [0.2, 0.25) is 0 Å². The van der Waals surface area contributed by atoms with Crippen molar-refractivity contribution in [1.82, 2.24) is 14.8 Å². The number of halogens is 3. The highest BCUT2D eigenvalue weighted by atomic mass is 19.4. The van der Waals surface area contributed by atoms with Gasteiger partial charge in [-0.15, -0.1) is 0 Å². The van der Waals surface area contributed by atoms with E-state index in [9.17, 15) is 13.2 Å². The Hall–Kier alpha value is -1.63. The van der Waals surface area contributed by atoms with Crippen LogP contribution in [0.15, 0.2) is 18.5 Å². The molecule has 3 heterocycles. The average molecular weight is 271 g/mol. The highest BCUT2D eigenvalue weighted by Crippen LogP contribution is 2.32. The largest absolute Gasteiger partial charge is 0.417 e. The maximum absolute atomic E-state index is 12.7. The van der Waals surface area contributed by atoms with Gasteiger partial charge in [0.1, 0.15) is 5.52 Å². The van der Waals surface area contributed by atoms with Crippen molar-refractivity contribution in [3.8, 4) is 0 Å². The molecule has 0 bridgehead atoms. The van der Waals surface area contributed by atoms with Crippen LogP contribution in [0.3, 0.4) is 0 Å². The van der Waals surface area contributed by atoms with Gasteiger partial charge in [-0.2, -0.15) is 18.3 Å². The molecule has 2 aromatic rings. The molecule has 1 saturated heterocycles. The fraction of sp³-hybridized carbons (Fsp3) is 0.500. The molecule has 1 fully saturated rings. The van der Waals surface area contributed by atoms with Gasteiger partial charge in [-0.3, -0.25) is 4.98 Å². The van der Waals surface area contributed by atoms with Crippen molar-refractivity contribution < 1.29 is 17.9 Å². The summed E-state index contributed by atoms with van der Waals surface area (Å²) in [5.74, 6) is 0. The van der Waals surface area contributed by atoms with Gasteiger partial charge in [-0.05, 0) is 25.3 Å². The highest BCUT2D eigenvalue weighted by molar-refractivity contribution is 5.74. The first-order chi connectivity index (χ1) is 9.05. The van der Waals surface area contributed by atoms with Gasteiger partial charge >= 0.3 is 6.18 Å². The van der Waals surface area contributed by atoms with Crippen molar-refractivity contribution in [2.45, 2.75) is 31.7 Å². The van der Waals surface area contributed by atoms with E-state index in [1.54, 1.807) is 0 Å². The van der Waals surface area contributed by atoms with Gasteiger partial charge in [0.25, 0.3) is 0 Å². The molecule has 3 rings (SSSR count). The Morgan fingerprint density at radius 3 is 2.79 bits per heavy atom. The summed E-state index contributed by atoms with van der Waals surface area (Å²) in [5.41, 5.74) is 0.0430.